The number of hydrogen-bond acceptors (Lipinski definition) is 4. The van der Waals surface area contributed by atoms with Crippen molar-refractivity contribution in [2.75, 3.05) is 4.72 Å². The fourth-order valence-electron chi connectivity index (χ4n) is 1.57. The van der Waals surface area contributed by atoms with E-state index in [9.17, 15) is 13.5 Å². The van der Waals surface area contributed by atoms with Gasteiger partial charge in [-0.2, -0.15) is 0 Å². The van der Waals surface area contributed by atoms with Crippen molar-refractivity contribution in [2.45, 2.75) is 17.9 Å². The monoisotopic (exact) mass is 356 g/mol. The Morgan fingerprint density at radius 1 is 1.30 bits per heavy atom. The highest BCUT2D eigenvalue weighted by Crippen LogP contribution is 2.20. The summed E-state index contributed by atoms with van der Waals surface area (Å²) in [7, 11) is -3.72. The zero-order valence-corrected chi connectivity index (χ0v) is 13.0. The number of rotatable bonds is 4. The van der Waals surface area contributed by atoms with E-state index in [-0.39, 0.29) is 10.7 Å². The van der Waals surface area contributed by atoms with E-state index in [1.54, 1.807) is 31.2 Å². The molecule has 0 saturated carbocycles. The first-order chi connectivity index (χ1) is 9.38. The van der Waals surface area contributed by atoms with E-state index < -0.39 is 16.1 Å². The molecule has 0 aliphatic carbocycles. The molecule has 1 aromatic carbocycles. The lowest BCUT2D eigenvalue weighted by molar-refractivity contribution is 0.199. The minimum absolute atomic E-state index is 0.0839. The Morgan fingerprint density at radius 2 is 2.05 bits per heavy atom. The lowest BCUT2D eigenvalue weighted by Crippen LogP contribution is -2.14. The zero-order chi connectivity index (χ0) is 14.8. The van der Waals surface area contributed by atoms with Crippen LogP contribution in [0.15, 0.2) is 52.0 Å². The summed E-state index contributed by atoms with van der Waals surface area (Å²) < 4.78 is 27.6. The van der Waals surface area contributed by atoms with Crippen molar-refractivity contribution in [3.63, 3.8) is 0 Å². The fraction of sp³-hybridized carbons (Fsp3) is 0.154. The van der Waals surface area contributed by atoms with Crippen LogP contribution >= 0.6 is 15.9 Å². The van der Waals surface area contributed by atoms with Crippen LogP contribution in [0.1, 0.15) is 18.6 Å². The van der Waals surface area contributed by atoms with Gasteiger partial charge < -0.3 is 5.11 Å². The van der Waals surface area contributed by atoms with E-state index in [2.05, 4.69) is 25.6 Å². The maximum absolute atomic E-state index is 12.2. The second kappa shape index (κ2) is 5.90. The molecule has 20 heavy (non-hydrogen) atoms. The molecule has 0 spiro atoms. The van der Waals surface area contributed by atoms with E-state index in [1.165, 1.54) is 18.3 Å². The maximum Gasteiger partial charge on any atom is 0.263 e. The van der Waals surface area contributed by atoms with E-state index >= 15 is 0 Å². The lowest BCUT2D eigenvalue weighted by atomic mass is 10.1. The van der Waals surface area contributed by atoms with Gasteiger partial charge in [0.05, 0.1) is 11.0 Å². The second-order valence-corrected chi connectivity index (χ2v) is 6.81. The van der Waals surface area contributed by atoms with Gasteiger partial charge in [0.1, 0.15) is 5.82 Å². The van der Waals surface area contributed by atoms with E-state index in [4.69, 9.17) is 0 Å². The third-order valence-electron chi connectivity index (χ3n) is 2.62. The summed E-state index contributed by atoms with van der Waals surface area (Å²) in [5.41, 5.74) is 0.539. The third kappa shape index (κ3) is 3.56. The molecule has 2 rings (SSSR count). The Kier molecular flexibility index (Phi) is 4.42. The Labute approximate surface area is 125 Å². The van der Waals surface area contributed by atoms with Gasteiger partial charge in [0.25, 0.3) is 10.0 Å². The summed E-state index contributed by atoms with van der Waals surface area (Å²) in [6.45, 7) is 1.58. The highest BCUT2D eigenvalue weighted by atomic mass is 79.9. The summed E-state index contributed by atoms with van der Waals surface area (Å²) in [5.74, 6) is 0.232. The zero-order valence-electron chi connectivity index (χ0n) is 10.6. The molecule has 7 heteroatoms. The predicted octanol–water partition coefficient (Wildman–Crippen LogP) is 2.70. The molecule has 1 heterocycles. The van der Waals surface area contributed by atoms with Gasteiger partial charge in [-0.3, -0.25) is 4.72 Å². The first-order valence-corrected chi connectivity index (χ1v) is 8.08. The van der Waals surface area contributed by atoms with E-state index in [0.717, 1.165) is 4.47 Å². The van der Waals surface area contributed by atoms with Crippen molar-refractivity contribution in [1.82, 2.24) is 4.98 Å². The summed E-state index contributed by atoms with van der Waals surface area (Å²) in [5, 5.41) is 9.50. The van der Waals surface area contributed by atoms with Gasteiger partial charge in [-0.05, 0) is 52.7 Å². The van der Waals surface area contributed by atoms with Crippen LogP contribution in [0.4, 0.5) is 5.82 Å². The molecule has 2 aromatic rings. The number of anilines is 1. The molecular weight excluding hydrogens is 344 g/mol. The molecule has 1 atom stereocenters. The number of nitrogens with one attached hydrogen (secondary N) is 1. The highest BCUT2D eigenvalue weighted by molar-refractivity contribution is 9.10. The molecule has 5 nitrogen and oxygen atoms in total. The van der Waals surface area contributed by atoms with Gasteiger partial charge in [0.15, 0.2) is 0 Å². The molecule has 0 bridgehead atoms. The minimum atomic E-state index is -3.72. The highest BCUT2D eigenvalue weighted by Gasteiger charge is 2.16. The smallest absolute Gasteiger partial charge is 0.263 e. The van der Waals surface area contributed by atoms with Crippen LogP contribution in [0, 0.1) is 0 Å². The number of halogens is 1. The van der Waals surface area contributed by atoms with Crippen molar-refractivity contribution < 1.29 is 13.5 Å². The number of aliphatic hydroxyl groups is 1. The van der Waals surface area contributed by atoms with Gasteiger partial charge in [-0.1, -0.05) is 12.1 Å². The molecule has 2 N–H and O–H groups in total. The maximum atomic E-state index is 12.2. The van der Waals surface area contributed by atoms with Crippen LogP contribution in [-0.4, -0.2) is 18.5 Å². The van der Waals surface area contributed by atoms with Crippen molar-refractivity contribution in [3.05, 3.63) is 52.6 Å². The first kappa shape index (κ1) is 15.0. The van der Waals surface area contributed by atoms with Gasteiger partial charge in [-0.25, -0.2) is 13.4 Å². The molecule has 0 fully saturated rings. The molecule has 106 valence electrons. The summed E-state index contributed by atoms with van der Waals surface area (Å²) in [4.78, 5) is 4.04. The van der Waals surface area contributed by atoms with E-state index in [1.807, 2.05) is 0 Å². The van der Waals surface area contributed by atoms with Crippen LogP contribution in [0.2, 0.25) is 0 Å². The second-order valence-electron chi connectivity index (χ2n) is 4.22. The van der Waals surface area contributed by atoms with Crippen molar-refractivity contribution in [3.8, 4) is 0 Å². The predicted molar refractivity (Wildman–Crippen MR) is 79.8 cm³/mol. The van der Waals surface area contributed by atoms with Crippen molar-refractivity contribution in [1.29, 1.82) is 0 Å². The van der Waals surface area contributed by atoms with Crippen molar-refractivity contribution in [2.24, 2.45) is 0 Å². The van der Waals surface area contributed by atoms with Gasteiger partial charge >= 0.3 is 0 Å². The van der Waals surface area contributed by atoms with E-state index in [0.29, 0.717) is 5.56 Å². The molecule has 1 unspecified atom stereocenters. The summed E-state index contributed by atoms with van der Waals surface area (Å²) >= 11 is 3.23. The molecule has 0 saturated heterocycles. The largest absolute Gasteiger partial charge is 0.389 e. The molecule has 0 aliphatic heterocycles. The fourth-order valence-corrected chi connectivity index (χ4v) is 2.87. The third-order valence-corrected chi connectivity index (χ3v) is 4.44. The topological polar surface area (TPSA) is 79.3 Å². The summed E-state index contributed by atoms with van der Waals surface area (Å²) in [6.07, 6.45) is 0.778. The molecule has 0 radical (unpaired) electrons. The minimum Gasteiger partial charge on any atom is -0.389 e. The Balaban J connectivity index is 2.30. The normalized spacial score (nSPS) is 12.9. The van der Waals surface area contributed by atoms with Crippen LogP contribution in [0.25, 0.3) is 0 Å². The Hall–Kier alpha value is -1.44. The first-order valence-electron chi connectivity index (χ1n) is 5.81. The number of sulfonamides is 1. The number of hydrogen-bond donors (Lipinski definition) is 2. The van der Waals surface area contributed by atoms with Gasteiger partial charge in [-0.15, -0.1) is 0 Å². The number of pyridine rings is 1. The van der Waals surface area contributed by atoms with Crippen molar-refractivity contribution >= 4 is 31.8 Å². The molecular formula is C13H13BrN2O3S. The van der Waals surface area contributed by atoms with Gasteiger partial charge in [0, 0.05) is 10.7 Å². The molecule has 0 amide bonds. The Bertz CT molecular complexity index is 700. The lowest BCUT2D eigenvalue weighted by Gasteiger charge is -2.10. The number of benzene rings is 1. The standard InChI is InChI=1S/C13H13BrN2O3S/c1-9(17)10-3-2-4-12(7-10)20(18,19)16-13-6-5-11(14)8-15-13/h2-9,17H,1H3,(H,15,16). The average Bonchev–Trinajstić information content (AvgIpc) is 2.41. The Morgan fingerprint density at radius 3 is 2.65 bits per heavy atom. The molecule has 0 aliphatic rings. The quantitative estimate of drug-likeness (QED) is 0.882. The molecule has 1 aromatic heterocycles. The number of nitrogens with zero attached hydrogens (tertiary/aromatic N) is 1. The van der Waals surface area contributed by atoms with Crippen LogP contribution in [0.5, 0.6) is 0 Å². The van der Waals surface area contributed by atoms with Gasteiger partial charge in [0.2, 0.25) is 0 Å². The summed E-state index contributed by atoms with van der Waals surface area (Å²) in [6, 6.07) is 9.41. The van der Waals surface area contributed by atoms with Crippen LogP contribution in [-0.2, 0) is 10.0 Å². The van der Waals surface area contributed by atoms with Crippen LogP contribution < -0.4 is 4.72 Å². The van der Waals surface area contributed by atoms with Crippen LogP contribution in [0.3, 0.4) is 0 Å². The average molecular weight is 357 g/mol. The number of aromatic nitrogens is 1. The number of aliphatic hydroxyl groups excluding tert-OH is 1. The SMILES string of the molecule is CC(O)c1cccc(S(=O)(=O)Nc2ccc(Br)cn2)c1.